The maximum Gasteiger partial charge on any atom is 0.255 e. The molecule has 0 aromatic heterocycles. The number of benzene rings is 2. The van der Waals surface area contributed by atoms with Crippen molar-refractivity contribution in [2.75, 3.05) is 18.2 Å². The number of anilines is 2. The van der Waals surface area contributed by atoms with Gasteiger partial charge in [0.05, 0.1) is 12.8 Å². The molecule has 0 fully saturated rings. The minimum Gasteiger partial charge on any atom is -0.495 e. The standard InChI is InChI=1S/C20H25N3O3/c1-20(2,3)19(25)22-12-13-5-7-14(8-6-13)18(24)23-15-9-10-17(26-4)16(21)11-15/h5-11H,12,21H2,1-4H3,(H,22,25)(H,23,24). The van der Waals surface area contributed by atoms with E-state index in [-0.39, 0.29) is 11.8 Å². The third kappa shape index (κ3) is 4.99. The number of nitrogen functional groups attached to an aromatic ring is 1. The van der Waals surface area contributed by atoms with E-state index < -0.39 is 5.41 Å². The lowest BCUT2D eigenvalue weighted by Gasteiger charge is -2.17. The van der Waals surface area contributed by atoms with Gasteiger partial charge >= 0.3 is 0 Å². The van der Waals surface area contributed by atoms with Crippen molar-refractivity contribution in [2.45, 2.75) is 27.3 Å². The minimum atomic E-state index is -0.431. The van der Waals surface area contributed by atoms with E-state index in [2.05, 4.69) is 10.6 Å². The molecule has 0 unspecified atom stereocenters. The smallest absolute Gasteiger partial charge is 0.255 e. The first-order valence-corrected chi connectivity index (χ1v) is 8.33. The molecule has 0 saturated carbocycles. The van der Waals surface area contributed by atoms with Crippen molar-refractivity contribution >= 4 is 23.2 Å². The molecule has 6 nitrogen and oxygen atoms in total. The molecule has 0 saturated heterocycles. The third-order valence-electron chi connectivity index (χ3n) is 3.84. The fourth-order valence-corrected chi connectivity index (χ4v) is 2.24. The Morgan fingerprint density at radius 3 is 2.27 bits per heavy atom. The minimum absolute atomic E-state index is 0.0172. The van der Waals surface area contributed by atoms with Crippen molar-refractivity contribution in [3.63, 3.8) is 0 Å². The van der Waals surface area contributed by atoms with Crippen LogP contribution in [0.15, 0.2) is 42.5 Å². The number of carbonyl (C=O) groups is 2. The van der Waals surface area contributed by atoms with E-state index in [1.807, 2.05) is 32.9 Å². The van der Waals surface area contributed by atoms with E-state index in [1.54, 1.807) is 30.3 Å². The van der Waals surface area contributed by atoms with E-state index in [0.29, 0.717) is 29.2 Å². The van der Waals surface area contributed by atoms with Crippen LogP contribution in [0.2, 0.25) is 0 Å². The van der Waals surface area contributed by atoms with E-state index in [0.717, 1.165) is 5.56 Å². The zero-order chi connectivity index (χ0) is 19.3. The van der Waals surface area contributed by atoms with Crippen LogP contribution >= 0.6 is 0 Å². The van der Waals surface area contributed by atoms with Crippen LogP contribution in [0.25, 0.3) is 0 Å². The number of hydrogen-bond donors (Lipinski definition) is 3. The quantitative estimate of drug-likeness (QED) is 0.718. The first-order chi connectivity index (χ1) is 12.2. The topological polar surface area (TPSA) is 93.5 Å². The van der Waals surface area contributed by atoms with Gasteiger partial charge in [-0.3, -0.25) is 9.59 Å². The summed E-state index contributed by atoms with van der Waals surface area (Å²) in [4.78, 5) is 24.2. The molecule has 0 heterocycles. The Kier molecular flexibility index (Phi) is 5.87. The van der Waals surface area contributed by atoms with Crippen molar-refractivity contribution in [1.29, 1.82) is 0 Å². The Hall–Kier alpha value is -3.02. The molecule has 2 aromatic rings. The van der Waals surface area contributed by atoms with Gasteiger partial charge in [0.1, 0.15) is 5.75 Å². The second-order valence-electron chi connectivity index (χ2n) is 7.04. The molecule has 0 aliphatic rings. The monoisotopic (exact) mass is 355 g/mol. The molecule has 0 aliphatic carbocycles. The Balaban J connectivity index is 1.98. The molecule has 2 rings (SSSR count). The number of carbonyl (C=O) groups excluding carboxylic acids is 2. The summed E-state index contributed by atoms with van der Waals surface area (Å²) >= 11 is 0. The maximum absolute atomic E-state index is 12.3. The second kappa shape index (κ2) is 7.91. The highest BCUT2D eigenvalue weighted by atomic mass is 16.5. The molecule has 6 heteroatoms. The molecule has 0 atom stereocenters. The first kappa shape index (κ1) is 19.3. The van der Waals surface area contributed by atoms with Crippen LogP contribution in [0.3, 0.4) is 0 Å². The van der Waals surface area contributed by atoms with Crippen molar-refractivity contribution in [3.8, 4) is 5.75 Å². The van der Waals surface area contributed by atoms with Gasteiger partial charge in [0.25, 0.3) is 5.91 Å². The van der Waals surface area contributed by atoms with Crippen LogP contribution in [0, 0.1) is 5.41 Å². The molecule has 2 aromatic carbocycles. The van der Waals surface area contributed by atoms with Gasteiger partial charge in [0.15, 0.2) is 0 Å². The van der Waals surface area contributed by atoms with Gasteiger partial charge < -0.3 is 21.1 Å². The van der Waals surface area contributed by atoms with E-state index in [4.69, 9.17) is 10.5 Å². The highest BCUT2D eigenvalue weighted by Crippen LogP contribution is 2.24. The summed E-state index contributed by atoms with van der Waals surface area (Å²) in [7, 11) is 1.54. The van der Waals surface area contributed by atoms with Gasteiger partial charge in [-0.25, -0.2) is 0 Å². The van der Waals surface area contributed by atoms with Crippen molar-refractivity contribution in [3.05, 3.63) is 53.6 Å². The van der Waals surface area contributed by atoms with E-state index in [9.17, 15) is 9.59 Å². The zero-order valence-corrected chi connectivity index (χ0v) is 15.6. The molecule has 0 aliphatic heterocycles. The second-order valence-corrected chi connectivity index (χ2v) is 7.04. The molecule has 138 valence electrons. The lowest BCUT2D eigenvalue weighted by molar-refractivity contribution is -0.128. The van der Waals surface area contributed by atoms with Crippen LogP contribution in [0.5, 0.6) is 5.75 Å². The van der Waals surface area contributed by atoms with Gasteiger partial charge in [-0.2, -0.15) is 0 Å². The van der Waals surface area contributed by atoms with Gasteiger partial charge in [-0.1, -0.05) is 32.9 Å². The van der Waals surface area contributed by atoms with Crippen LogP contribution in [-0.2, 0) is 11.3 Å². The number of ether oxygens (including phenoxy) is 1. The zero-order valence-electron chi connectivity index (χ0n) is 15.6. The molecular formula is C20H25N3O3. The lowest BCUT2D eigenvalue weighted by Crippen LogP contribution is -2.34. The summed E-state index contributed by atoms with van der Waals surface area (Å²) in [5, 5.41) is 5.67. The van der Waals surface area contributed by atoms with Gasteiger partial charge in [-0.15, -0.1) is 0 Å². The third-order valence-corrected chi connectivity index (χ3v) is 3.84. The Bertz CT molecular complexity index is 793. The van der Waals surface area contributed by atoms with Gasteiger partial charge in [0.2, 0.25) is 5.91 Å². The summed E-state index contributed by atoms with van der Waals surface area (Å²) < 4.78 is 5.10. The molecule has 0 bridgehead atoms. The predicted octanol–water partition coefficient (Wildman–Crippen LogP) is 3.19. The molecule has 0 radical (unpaired) electrons. The number of nitrogens with two attached hydrogens (primary N) is 1. The lowest BCUT2D eigenvalue weighted by atomic mass is 9.95. The number of rotatable bonds is 5. The highest BCUT2D eigenvalue weighted by molar-refractivity contribution is 6.04. The van der Waals surface area contributed by atoms with Crippen LogP contribution in [-0.4, -0.2) is 18.9 Å². The fraction of sp³-hybridized carbons (Fsp3) is 0.300. The van der Waals surface area contributed by atoms with Crippen molar-refractivity contribution < 1.29 is 14.3 Å². The summed E-state index contributed by atoms with van der Waals surface area (Å²) in [6.45, 7) is 6.01. The fourth-order valence-electron chi connectivity index (χ4n) is 2.24. The molecular weight excluding hydrogens is 330 g/mol. The average Bonchev–Trinajstić information content (AvgIpc) is 2.59. The first-order valence-electron chi connectivity index (χ1n) is 8.33. The summed E-state index contributed by atoms with van der Waals surface area (Å²) in [6, 6.07) is 12.2. The van der Waals surface area contributed by atoms with Crippen molar-refractivity contribution in [2.24, 2.45) is 5.41 Å². The molecule has 26 heavy (non-hydrogen) atoms. The molecule has 4 N–H and O–H groups in total. The van der Waals surface area contributed by atoms with E-state index in [1.165, 1.54) is 7.11 Å². The highest BCUT2D eigenvalue weighted by Gasteiger charge is 2.20. The van der Waals surface area contributed by atoms with Crippen LogP contribution < -0.4 is 21.1 Å². The average molecular weight is 355 g/mol. The van der Waals surface area contributed by atoms with Gasteiger partial charge in [-0.05, 0) is 35.9 Å². The van der Waals surface area contributed by atoms with Crippen LogP contribution in [0.1, 0.15) is 36.7 Å². The Morgan fingerprint density at radius 1 is 1.08 bits per heavy atom. The Labute approximate surface area is 153 Å². The van der Waals surface area contributed by atoms with Crippen LogP contribution in [0.4, 0.5) is 11.4 Å². The number of methoxy groups -OCH3 is 1. The predicted molar refractivity (Wildman–Crippen MR) is 103 cm³/mol. The summed E-state index contributed by atoms with van der Waals surface area (Å²) in [5.41, 5.74) is 7.90. The summed E-state index contributed by atoms with van der Waals surface area (Å²) in [5.74, 6) is 0.306. The number of nitrogens with one attached hydrogen (secondary N) is 2. The Morgan fingerprint density at radius 2 is 1.73 bits per heavy atom. The normalized spacial score (nSPS) is 10.9. The maximum atomic E-state index is 12.3. The van der Waals surface area contributed by atoms with Gasteiger partial charge in [0, 0.05) is 23.2 Å². The van der Waals surface area contributed by atoms with Crippen molar-refractivity contribution in [1.82, 2.24) is 5.32 Å². The summed E-state index contributed by atoms with van der Waals surface area (Å²) in [6.07, 6.45) is 0. The molecule has 2 amide bonds. The SMILES string of the molecule is COc1ccc(NC(=O)c2ccc(CNC(=O)C(C)(C)C)cc2)cc1N. The largest absolute Gasteiger partial charge is 0.495 e. The van der Waals surface area contributed by atoms with E-state index >= 15 is 0 Å². The number of hydrogen-bond acceptors (Lipinski definition) is 4. The molecule has 0 spiro atoms. The number of amides is 2.